The minimum Gasteiger partial charge on any atom is -0.550 e. The van der Waals surface area contributed by atoms with Gasteiger partial charge in [-0.2, -0.15) is 0 Å². The third-order valence-corrected chi connectivity index (χ3v) is 8.60. The highest BCUT2D eigenvalue weighted by atomic mass is 16.4. The molecule has 0 aromatic heterocycles. The van der Waals surface area contributed by atoms with Crippen molar-refractivity contribution in [2.45, 2.75) is 102 Å². The van der Waals surface area contributed by atoms with E-state index in [1.807, 2.05) is 0 Å². The molecule has 0 bridgehead atoms. The molecule has 0 spiro atoms. The maximum atomic E-state index is 13.0. The number of hydrogen-bond donors (Lipinski definition) is 1. The highest BCUT2D eigenvalue weighted by Crippen LogP contribution is 2.58. The number of aliphatic carboxylic acids is 3. The smallest absolute Gasteiger partial charge is 0.123 e. The molecular formula is C24H35O7-3. The van der Waals surface area contributed by atoms with Crippen LogP contribution in [0.2, 0.25) is 0 Å². The summed E-state index contributed by atoms with van der Waals surface area (Å²) in [6, 6.07) is 0. The monoisotopic (exact) mass is 435 g/mol. The van der Waals surface area contributed by atoms with Crippen molar-refractivity contribution in [2.24, 2.45) is 29.1 Å². The first-order chi connectivity index (χ1) is 14.8. The van der Waals surface area contributed by atoms with Gasteiger partial charge in [0.05, 0.1) is 17.4 Å². The molecule has 0 saturated heterocycles. The molecule has 2 atom stereocenters. The molecule has 0 aromatic carbocycles. The minimum absolute atomic E-state index is 0.423. The number of carbonyl (C=O) groups is 3. The van der Waals surface area contributed by atoms with E-state index in [0.29, 0.717) is 51.4 Å². The van der Waals surface area contributed by atoms with Crippen molar-refractivity contribution >= 4 is 17.9 Å². The third-order valence-electron chi connectivity index (χ3n) is 8.60. The van der Waals surface area contributed by atoms with Gasteiger partial charge in [0.15, 0.2) is 0 Å². The van der Waals surface area contributed by atoms with Crippen LogP contribution in [0.1, 0.15) is 96.3 Å². The van der Waals surface area contributed by atoms with Gasteiger partial charge in [-0.1, -0.05) is 57.8 Å². The second kappa shape index (κ2) is 9.88. The van der Waals surface area contributed by atoms with E-state index in [1.54, 1.807) is 0 Å². The van der Waals surface area contributed by atoms with Crippen LogP contribution in [0.15, 0.2) is 0 Å². The summed E-state index contributed by atoms with van der Waals surface area (Å²) in [5.74, 6) is -9.17. The zero-order chi connectivity index (χ0) is 22.6. The molecule has 3 saturated carbocycles. The number of hydrogen-bond acceptors (Lipinski definition) is 7. The number of aliphatic hydroxyl groups is 1. The Bertz CT molecular complexity index is 639. The summed E-state index contributed by atoms with van der Waals surface area (Å²) < 4.78 is 0. The van der Waals surface area contributed by atoms with E-state index in [-0.39, 0.29) is 0 Å². The van der Waals surface area contributed by atoms with Gasteiger partial charge in [0.1, 0.15) is 5.60 Å². The van der Waals surface area contributed by atoms with Crippen LogP contribution in [0.25, 0.3) is 0 Å². The van der Waals surface area contributed by atoms with Crippen molar-refractivity contribution in [3.8, 4) is 0 Å². The van der Waals surface area contributed by atoms with Crippen LogP contribution in [0.3, 0.4) is 0 Å². The molecule has 0 aromatic rings. The molecule has 3 aliphatic carbocycles. The largest absolute Gasteiger partial charge is 0.550 e. The molecule has 0 radical (unpaired) electrons. The van der Waals surface area contributed by atoms with Crippen molar-refractivity contribution in [2.75, 3.05) is 0 Å². The molecule has 0 amide bonds. The fourth-order valence-corrected chi connectivity index (χ4v) is 7.29. The maximum Gasteiger partial charge on any atom is 0.123 e. The normalized spacial score (nSPS) is 25.5. The molecule has 1 N–H and O–H groups in total. The summed E-state index contributed by atoms with van der Waals surface area (Å²) in [5, 5.41) is 50.1. The van der Waals surface area contributed by atoms with Crippen LogP contribution in [0, 0.1) is 29.1 Å². The van der Waals surface area contributed by atoms with Crippen LogP contribution in [-0.4, -0.2) is 28.6 Å². The lowest BCUT2D eigenvalue weighted by molar-refractivity contribution is -0.375. The number of carboxylic acids is 3. The Hall–Kier alpha value is -1.63. The Morgan fingerprint density at radius 1 is 0.645 bits per heavy atom. The summed E-state index contributed by atoms with van der Waals surface area (Å²) in [6.45, 7) is 0. The SMILES string of the molecule is O=C([O-])C(C1CCCCC1)C(O)(C(=O)[O-])C(C(=O)[O-])(C1CCCCC1)C1CCCCC1. The lowest BCUT2D eigenvalue weighted by Gasteiger charge is -2.61. The molecule has 2 unspecified atom stereocenters. The number of carbonyl (C=O) groups excluding carboxylic acids is 3. The predicted molar refractivity (Wildman–Crippen MR) is 106 cm³/mol. The number of rotatable bonds is 8. The molecule has 0 aliphatic heterocycles. The van der Waals surface area contributed by atoms with E-state index in [9.17, 15) is 34.8 Å². The van der Waals surface area contributed by atoms with E-state index in [2.05, 4.69) is 0 Å². The molecule has 7 nitrogen and oxygen atoms in total. The minimum atomic E-state index is -3.07. The van der Waals surface area contributed by atoms with Crippen molar-refractivity contribution < 1.29 is 34.8 Å². The topological polar surface area (TPSA) is 141 Å². The van der Waals surface area contributed by atoms with Gasteiger partial charge in [0.2, 0.25) is 0 Å². The molecular weight excluding hydrogens is 400 g/mol. The van der Waals surface area contributed by atoms with Crippen molar-refractivity contribution in [1.29, 1.82) is 0 Å². The third kappa shape index (κ3) is 4.10. The second-order valence-electron chi connectivity index (χ2n) is 10.1. The van der Waals surface area contributed by atoms with Gasteiger partial charge in [-0.05, 0) is 56.3 Å². The van der Waals surface area contributed by atoms with Gasteiger partial charge in [0.25, 0.3) is 0 Å². The quantitative estimate of drug-likeness (QED) is 0.578. The van der Waals surface area contributed by atoms with E-state index in [4.69, 9.17) is 0 Å². The van der Waals surface area contributed by atoms with Gasteiger partial charge in [-0.25, -0.2) is 0 Å². The van der Waals surface area contributed by atoms with Gasteiger partial charge in [0, 0.05) is 11.9 Å². The van der Waals surface area contributed by atoms with Gasteiger partial charge < -0.3 is 34.8 Å². The highest BCUT2D eigenvalue weighted by Gasteiger charge is 2.65. The first kappa shape index (κ1) is 24.0. The Balaban J connectivity index is 2.22. The Morgan fingerprint density at radius 2 is 1.03 bits per heavy atom. The van der Waals surface area contributed by atoms with E-state index in [1.165, 1.54) is 0 Å². The van der Waals surface area contributed by atoms with Gasteiger partial charge in [-0.15, -0.1) is 0 Å². The molecule has 176 valence electrons. The molecule has 3 fully saturated rings. The Kier molecular flexibility index (Phi) is 7.66. The Labute approximate surface area is 184 Å². The first-order valence-electron chi connectivity index (χ1n) is 12.1. The highest BCUT2D eigenvalue weighted by molar-refractivity contribution is 5.92. The summed E-state index contributed by atoms with van der Waals surface area (Å²) >= 11 is 0. The lowest BCUT2D eigenvalue weighted by Crippen LogP contribution is -2.76. The van der Waals surface area contributed by atoms with Crippen molar-refractivity contribution in [3.63, 3.8) is 0 Å². The first-order valence-corrected chi connectivity index (χ1v) is 12.1. The van der Waals surface area contributed by atoms with Gasteiger partial charge >= 0.3 is 0 Å². The van der Waals surface area contributed by atoms with Crippen LogP contribution >= 0.6 is 0 Å². The lowest BCUT2D eigenvalue weighted by atomic mass is 9.47. The number of carboxylic acid groups (broad SMARTS) is 3. The second-order valence-corrected chi connectivity index (χ2v) is 10.1. The van der Waals surface area contributed by atoms with Crippen molar-refractivity contribution in [1.82, 2.24) is 0 Å². The Morgan fingerprint density at radius 3 is 1.35 bits per heavy atom. The summed E-state index contributed by atoms with van der Waals surface area (Å²) in [4.78, 5) is 38.1. The van der Waals surface area contributed by atoms with E-state index < -0.39 is 52.6 Å². The van der Waals surface area contributed by atoms with Gasteiger partial charge in [-0.3, -0.25) is 0 Å². The molecule has 7 heteroatoms. The standard InChI is InChI=1S/C24H38O7/c25-20(26)19(16-10-4-1-5-11-16)24(31,22(29)30)23(21(27)28,17-12-6-2-7-13-17)18-14-8-3-9-15-18/h16-19,31H,1-15H2,(H,25,26)(H,27,28)(H,29,30)/p-3. The van der Waals surface area contributed by atoms with Crippen LogP contribution < -0.4 is 15.3 Å². The van der Waals surface area contributed by atoms with Crippen LogP contribution in [0.4, 0.5) is 0 Å². The maximum absolute atomic E-state index is 13.0. The summed E-state index contributed by atoms with van der Waals surface area (Å²) in [6.07, 6.45) is 9.58. The molecule has 31 heavy (non-hydrogen) atoms. The zero-order valence-corrected chi connectivity index (χ0v) is 18.3. The molecule has 3 aliphatic rings. The predicted octanol–water partition coefficient (Wildman–Crippen LogP) is 0.311. The average Bonchev–Trinajstić information content (AvgIpc) is 2.76. The van der Waals surface area contributed by atoms with Crippen LogP contribution in [0.5, 0.6) is 0 Å². The summed E-state index contributed by atoms with van der Waals surface area (Å²) in [7, 11) is 0. The fraction of sp³-hybridized carbons (Fsp3) is 0.875. The van der Waals surface area contributed by atoms with E-state index in [0.717, 1.165) is 44.9 Å². The zero-order valence-electron chi connectivity index (χ0n) is 18.3. The molecule has 0 heterocycles. The van der Waals surface area contributed by atoms with Crippen molar-refractivity contribution in [3.05, 3.63) is 0 Å². The molecule has 3 rings (SSSR count). The summed E-state index contributed by atoms with van der Waals surface area (Å²) in [5.41, 5.74) is -5.27. The van der Waals surface area contributed by atoms with Crippen LogP contribution in [-0.2, 0) is 14.4 Å². The average molecular weight is 436 g/mol. The van der Waals surface area contributed by atoms with E-state index >= 15 is 0 Å². The fourth-order valence-electron chi connectivity index (χ4n) is 7.29.